The molecule has 7 nitrogen and oxygen atoms in total. The van der Waals surface area contributed by atoms with E-state index in [0.29, 0.717) is 24.0 Å². The molecule has 224 valence electrons. The van der Waals surface area contributed by atoms with E-state index in [1.165, 1.54) is 72.6 Å². The normalized spacial score (nSPS) is 24.0. The first-order valence-corrected chi connectivity index (χ1v) is 17.8. The second-order valence-corrected chi connectivity index (χ2v) is 14.9. The van der Waals surface area contributed by atoms with Gasteiger partial charge in [-0.1, -0.05) is 44.2 Å². The molecule has 9 heteroatoms. The molecule has 2 aliphatic carbocycles. The summed E-state index contributed by atoms with van der Waals surface area (Å²) in [6, 6.07) is 14.3. The van der Waals surface area contributed by atoms with Gasteiger partial charge in [0.15, 0.2) is 5.13 Å². The Bertz CT molecular complexity index is 1460. The van der Waals surface area contributed by atoms with Crippen molar-refractivity contribution in [2.75, 3.05) is 19.0 Å². The molecule has 0 spiro atoms. The Balaban J connectivity index is 1.10. The molecular formula is C33H41N3O4S2. The number of benzene rings is 2. The van der Waals surface area contributed by atoms with E-state index in [0.717, 1.165) is 41.7 Å². The van der Waals surface area contributed by atoms with Gasteiger partial charge in [-0.15, -0.1) is 11.3 Å². The summed E-state index contributed by atoms with van der Waals surface area (Å²) in [5.74, 6) is 2.75. The van der Waals surface area contributed by atoms with Crippen molar-refractivity contribution in [2.24, 2.45) is 11.8 Å². The first-order valence-electron chi connectivity index (χ1n) is 15.4. The van der Waals surface area contributed by atoms with Crippen LogP contribution in [0, 0.1) is 11.8 Å². The molecule has 3 aromatic rings. The molecule has 1 saturated heterocycles. The highest BCUT2D eigenvalue weighted by Gasteiger charge is 2.38. The van der Waals surface area contributed by atoms with Gasteiger partial charge in [-0.25, -0.2) is 13.4 Å². The first-order chi connectivity index (χ1) is 20.4. The zero-order valence-corrected chi connectivity index (χ0v) is 26.0. The number of piperidine rings is 1. The summed E-state index contributed by atoms with van der Waals surface area (Å²) >= 11 is 1.33. The van der Waals surface area contributed by atoms with Crippen LogP contribution in [0.5, 0.6) is 5.75 Å². The number of rotatable bonds is 8. The van der Waals surface area contributed by atoms with Crippen molar-refractivity contribution in [3.05, 3.63) is 59.5 Å². The van der Waals surface area contributed by atoms with Crippen molar-refractivity contribution in [3.8, 4) is 17.0 Å². The van der Waals surface area contributed by atoms with Gasteiger partial charge in [0, 0.05) is 17.5 Å². The van der Waals surface area contributed by atoms with Gasteiger partial charge in [0.1, 0.15) is 11.8 Å². The maximum absolute atomic E-state index is 13.8. The number of aromatic nitrogens is 1. The third kappa shape index (κ3) is 6.29. The third-order valence-electron chi connectivity index (χ3n) is 9.67. The number of hydrogen-bond donors (Lipinski definition) is 1. The zero-order chi connectivity index (χ0) is 29.1. The molecule has 0 unspecified atom stereocenters. The Morgan fingerprint density at radius 1 is 0.881 bits per heavy atom. The van der Waals surface area contributed by atoms with Gasteiger partial charge >= 0.3 is 0 Å². The molecular weight excluding hydrogens is 567 g/mol. The second-order valence-electron chi connectivity index (χ2n) is 12.1. The van der Waals surface area contributed by atoms with Crippen LogP contribution in [0.3, 0.4) is 0 Å². The number of carbonyl (C=O) groups is 1. The summed E-state index contributed by atoms with van der Waals surface area (Å²) in [7, 11) is -2.19. The molecule has 6 rings (SSSR count). The lowest BCUT2D eigenvalue weighted by atomic mass is 9.73. The van der Waals surface area contributed by atoms with Gasteiger partial charge in [0.25, 0.3) is 0 Å². The van der Waals surface area contributed by atoms with E-state index >= 15 is 0 Å². The number of hydrogen-bond acceptors (Lipinski definition) is 6. The molecule has 3 fully saturated rings. The van der Waals surface area contributed by atoms with Crippen LogP contribution in [0.2, 0.25) is 0 Å². The van der Waals surface area contributed by atoms with Gasteiger partial charge in [-0.05, 0) is 98.2 Å². The van der Waals surface area contributed by atoms with Crippen LogP contribution in [0.1, 0.15) is 82.1 Å². The molecule has 2 heterocycles. The van der Waals surface area contributed by atoms with Crippen molar-refractivity contribution < 1.29 is 17.9 Å². The lowest BCUT2D eigenvalue weighted by Gasteiger charge is -2.34. The highest BCUT2D eigenvalue weighted by atomic mass is 32.2. The van der Waals surface area contributed by atoms with Gasteiger partial charge in [-0.3, -0.25) is 4.79 Å². The van der Waals surface area contributed by atoms with E-state index < -0.39 is 16.1 Å². The second kappa shape index (κ2) is 12.9. The van der Waals surface area contributed by atoms with Gasteiger partial charge < -0.3 is 10.1 Å². The highest BCUT2D eigenvalue weighted by molar-refractivity contribution is 7.89. The average Bonchev–Trinajstić information content (AvgIpc) is 3.75. The number of nitrogens with zero attached hydrogens (tertiary/aromatic N) is 2. The van der Waals surface area contributed by atoms with Crippen molar-refractivity contribution in [1.29, 1.82) is 0 Å². The van der Waals surface area contributed by atoms with Crippen LogP contribution >= 0.6 is 11.3 Å². The Kier molecular flexibility index (Phi) is 8.98. The van der Waals surface area contributed by atoms with Crippen LogP contribution in [0.25, 0.3) is 11.3 Å². The predicted octanol–water partition coefficient (Wildman–Crippen LogP) is 7.46. The quantitative estimate of drug-likeness (QED) is 0.287. The predicted molar refractivity (Wildman–Crippen MR) is 167 cm³/mol. The van der Waals surface area contributed by atoms with Gasteiger partial charge in [0.2, 0.25) is 15.9 Å². The fourth-order valence-electron chi connectivity index (χ4n) is 7.27. The third-order valence-corrected chi connectivity index (χ3v) is 12.4. The highest BCUT2D eigenvalue weighted by Crippen LogP contribution is 2.43. The standard InChI is InChI=1S/C33H41N3O4S2/c1-40-28-17-13-27(14-18-28)30-22-41-33(34-30)35-32(37)31-8-4-5-21-36(31)42(38,39)29-19-15-26(16-20-29)25-11-9-24(10-12-25)23-6-2-3-7-23/h13-20,22-25,31H,2-12,21H2,1H3,(H,34,35,37)/t24?,25?,31-/m1/s1. The SMILES string of the molecule is COc1ccc(-c2csc(NC(=O)[C@H]3CCCCN3S(=O)(=O)c3ccc(C4CCC(C5CCCC5)CC4)cc3)n2)cc1. The minimum Gasteiger partial charge on any atom is -0.497 e. The van der Waals surface area contributed by atoms with Crippen molar-refractivity contribution in [1.82, 2.24) is 9.29 Å². The molecule has 2 saturated carbocycles. The minimum atomic E-state index is -3.82. The lowest BCUT2D eigenvalue weighted by molar-refractivity contribution is -0.120. The summed E-state index contributed by atoms with van der Waals surface area (Å²) in [5.41, 5.74) is 2.90. The molecule has 0 bridgehead atoms. The number of sulfonamides is 1. The Morgan fingerprint density at radius 2 is 1.55 bits per heavy atom. The number of anilines is 1. The average molecular weight is 608 g/mol. The Hall–Kier alpha value is -2.75. The van der Waals surface area contributed by atoms with E-state index in [1.807, 2.05) is 41.8 Å². The Labute approximate surface area is 253 Å². The number of nitrogens with one attached hydrogen (secondary N) is 1. The maximum atomic E-state index is 13.8. The number of amides is 1. The summed E-state index contributed by atoms with van der Waals surface area (Å²) < 4.78 is 34.2. The summed E-state index contributed by atoms with van der Waals surface area (Å²) in [5, 5.41) is 5.23. The van der Waals surface area contributed by atoms with Crippen LogP contribution in [0.15, 0.2) is 58.8 Å². The topological polar surface area (TPSA) is 88.6 Å². The molecule has 1 amide bonds. The molecule has 1 aromatic heterocycles. The Morgan fingerprint density at radius 3 is 2.24 bits per heavy atom. The van der Waals surface area contributed by atoms with E-state index in [4.69, 9.17) is 4.74 Å². The molecule has 0 radical (unpaired) electrons. The van der Waals surface area contributed by atoms with E-state index in [-0.39, 0.29) is 10.8 Å². The van der Waals surface area contributed by atoms with Crippen molar-refractivity contribution >= 4 is 32.4 Å². The molecule has 42 heavy (non-hydrogen) atoms. The molecule has 1 atom stereocenters. The zero-order valence-electron chi connectivity index (χ0n) is 24.3. The fraction of sp³-hybridized carbons (Fsp3) is 0.515. The van der Waals surface area contributed by atoms with E-state index in [1.54, 1.807) is 19.2 Å². The largest absolute Gasteiger partial charge is 0.497 e. The number of ether oxygens (including phenoxy) is 1. The monoisotopic (exact) mass is 607 g/mol. The summed E-state index contributed by atoms with van der Waals surface area (Å²) in [6.45, 7) is 0.336. The number of carbonyl (C=O) groups excluding carboxylic acids is 1. The minimum absolute atomic E-state index is 0.265. The first kappa shape index (κ1) is 29.3. The van der Waals surface area contributed by atoms with E-state index in [9.17, 15) is 13.2 Å². The van der Waals surface area contributed by atoms with Crippen LogP contribution in [-0.4, -0.2) is 43.3 Å². The van der Waals surface area contributed by atoms with E-state index in [2.05, 4.69) is 10.3 Å². The number of methoxy groups -OCH3 is 1. The molecule has 2 aromatic carbocycles. The van der Waals surface area contributed by atoms with Gasteiger partial charge in [0.05, 0.1) is 17.7 Å². The smallest absolute Gasteiger partial charge is 0.244 e. The van der Waals surface area contributed by atoms with Gasteiger partial charge in [-0.2, -0.15) is 4.31 Å². The fourth-order valence-corrected chi connectivity index (χ4v) is 9.65. The summed E-state index contributed by atoms with van der Waals surface area (Å²) in [4.78, 5) is 18.2. The van der Waals surface area contributed by atoms with Crippen LogP contribution in [-0.2, 0) is 14.8 Å². The van der Waals surface area contributed by atoms with Crippen molar-refractivity contribution in [2.45, 2.75) is 87.5 Å². The lowest BCUT2D eigenvalue weighted by Crippen LogP contribution is -2.49. The molecule has 1 aliphatic heterocycles. The molecule has 1 N–H and O–H groups in total. The maximum Gasteiger partial charge on any atom is 0.244 e. The molecule has 3 aliphatic rings. The van der Waals surface area contributed by atoms with Crippen LogP contribution in [0.4, 0.5) is 5.13 Å². The van der Waals surface area contributed by atoms with Crippen molar-refractivity contribution in [3.63, 3.8) is 0 Å². The van der Waals surface area contributed by atoms with Crippen LogP contribution < -0.4 is 10.1 Å². The summed E-state index contributed by atoms with van der Waals surface area (Å²) in [6.07, 6.45) is 12.6. The number of thiazole rings is 1.